The second-order valence-electron chi connectivity index (χ2n) is 3.58. The van der Waals surface area contributed by atoms with Crippen molar-refractivity contribution in [1.82, 2.24) is 4.98 Å². The standard InChI is InChI=1S/C12H12N2O.ClH/c1-7-9-5-3-4-6-10(9)14-8(2)11(7)12(13)15;/h3-6H,1-2H3,(H2,13,15);1H. The van der Waals surface area contributed by atoms with E-state index in [1.54, 1.807) is 6.92 Å². The van der Waals surface area contributed by atoms with Crippen molar-refractivity contribution in [2.75, 3.05) is 0 Å². The number of primary amides is 1. The van der Waals surface area contributed by atoms with Gasteiger partial charge < -0.3 is 5.73 Å². The maximum absolute atomic E-state index is 11.3. The maximum Gasteiger partial charge on any atom is 0.250 e. The molecule has 1 amide bonds. The van der Waals surface area contributed by atoms with Crippen LogP contribution in [0.25, 0.3) is 10.9 Å². The fraction of sp³-hybridized carbons (Fsp3) is 0.167. The van der Waals surface area contributed by atoms with Crippen LogP contribution in [0.5, 0.6) is 0 Å². The third-order valence-electron chi connectivity index (χ3n) is 2.58. The molecule has 16 heavy (non-hydrogen) atoms. The van der Waals surface area contributed by atoms with Gasteiger partial charge in [0.25, 0.3) is 5.91 Å². The van der Waals surface area contributed by atoms with Crippen LogP contribution in [0.3, 0.4) is 0 Å². The average molecular weight is 237 g/mol. The molecule has 0 aliphatic rings. The number of amides is 1. The summed E-state index contributed by atoms with van der Waals surface area (Å²) >= 11 is 0. The summed E-state index contributed by atoms with van der Waals surface area (Å²) in [5.41, 5.74) is 8.37. The van der Waals surface area contributed by atoms with Crippen molar-refractivity contribution in [3.63, 3.8) is 0 Å². The Kier molecular flexibility index (Phi) is 3.50. The number of hydrogen-bond donors (Lipinski definition) is 1. The zero-order valence-electron chi connectivity index (χ0n) is 9.15. The first kappa shape index (κ1) is 12.5. The lowest BCUT2D eigenvalue weighted by molar-refractivity contribution is 0.0999. The van der Waals surface area contributed by atoms with Crippen LogP contribution in [0.2, 0.25) is 0 Å². The van der Waals surface area contributed by atoms with Crippen molar-refractivity contribution in [3.8, 4) is 0 Å². The van der Waals surface area contributed by atoms with Crippen LogP contribution < -0.4 is 5.73 Å². The SMILES string of the molecule is Cc1nc2ccccc2c(C)c1C(N)=O.Cl. The zero-order chi connectivity index (χ0) is 11.0. The normalized spacial score (nSPS) is 9.88. The quantitative estimate of drug-likeness (QED) is 0.827. The fourth-order valence-electron chi connectivity index (χ4n) is 1.89. The number of nitrogens with zero attached hydrogens (tertiary/aromatic N) is 1. The van der Waals surface area contributed by atoms with Gasteiger partial charge >= 0.3 is 0 Å². The van der Waals surface area contributed by atoms with Crippen LogP contribution in [0, 0.1) is 13.8 Å². The number of aryl methyl sites for hydroxylation is 2. The Labute approximate surface area is 100 Å². The highest BCUT2D eigenvalue weighted by atomic mass is 35.5. The number of para-hydroxylation sites is 1. The molecule has 2 aromatic rings. The van der Waals surface area contributed by atoms with Crippen molar-refractivity contribution in [2.24, 2.45) is 5.73 Å². The Bertz CT molecular complexity index is 552. The first-order valence-electron chi connectivity index (χ1n) is 4.77. The summed E-state index contributed by atoms with van der Waals surface area (Å²) in [7, 11) is 0. The van der Waals surface area contributed by atoms with Gasteiger partial charge in [-0.3, -0.25) is 9.78 Å². The first-order valence-corrected chi connectivity index (χ1v) is 4.77. The summed E-state index contributed by atoms with van der Waals surface area (Å²) < 4.78 is 0. The van der Waals surface area contributed by atoms with Gasteiger partial charge in [0.15, 0.2) is 0 Å². The largest absolute Gasteiger partial charge is 0.366 e. The third kappa shape index (κ3) is 1.86. The number of rotatable bonds is 1. The molecule has 84 valence electrons. The van der Waals surface area contributed by atoms with Gasteiger partial charge in [-0.25, -0.2) is 0 Å². The fourth-order valence-corrected chi connectivity index (χ4v) is 1.89. The van der Waals surface area contributed by atoms with Crippen LogP contribution in [-0.4, -0.2) is 10.9 Å². The lowest BCUT2D eigenvalue weighted by Gasteiger charge is -2.08. The Morgan fingerprint density at radius 1 is 1.25 bits per heavy atom. The van der Waals surface area contributed by atoms with E-state index in [1.807, 2.05) is 31.2 Å². The van der Waals surface area contributed by atoms with E-state index in [4.69, 9.17) is 5.73 Å². The van der Waals surface area contributed by atoms with E-state index in [0.717, 1.165) is 16.5 Å². The van der Waals surface area contributed by atoms with Gasteiger partial charge in [-0.2, -0.15) is 0 Å². The molecular formula is C12H13ClN2O. The van der Waals surface area contributed by atoms with Gasteiger partial charge in [0.05, 0.1) is 16.8 Å². The molecule has 0 aliphatic heterocycles. The summed E-state index contributed by atoms with van der Waals surface area (Å²) in [6.07, 6.45) is 0. The van der Waals surface area contributed by atoms with Crippen molar-refractivity contribution in [2.45, 2.75) is 13.8 Å². The number of fused-ring (bicyclic) bond motifs is 1. The Morgan fingerprint density at radius 3 is 2.50 bits per heavy atom. The predicted molar refractivity (Wildman–Crippen MR) is 67.0 cm³/mol. The summed E-state index contributed by atoms with van der Waals surface area (Å²) in [6, 6.07) is 7.74. The lowest BCUT2D eigenvalue weighted by atomic mass is 10.0. The van der Waals surface area contributed by atoms with E-state index < -0.39 is 5.91 Å². The van der Waals surface area contributed by atoms with Crippen LogP contribution in [-0.2, 0) is 0 Å². The van der Waals surface area contributed by atoms with E-state index >= 15 is 0 Å². The molecule has 0 spiro atoms. The minimum Gasteiger partial charge on any atom is -0.366 e. The molecular weight excluding hydrogens is 224 g/mol. The van der Waals surface area contributed by atoms with Crippen LogP contribution in [0.15, 0.2) is 24.3 Å². The molecule has 2 rings (SSSR count). The highest BCUT2D eigenvalue weighted by Crippen LogP contribution is 2.21. The van der Waals surface area contributed by atoms with Crippen LogP contribution >= 0.6 is 12.4 Å². The highest BCUT2D eigenvalue weighted by Gasteiger charge is 2.12. The van der Waals surface area contributed by atoms with Gasteiger partial charge in [-0.05, 0) is 25.5 Å². The van der Waals surface area contributed by atoms with Crippen LogP contribution in [0.1, 0.15) is 21.6 Å². The first-order chi connectivity index (χ1) is 7.11. The molecule has 1 heterocycles. The molecule has 4 heteroatoms. The Balaban J connectivity index is 0.00000128. The van der Waals surface area contributed by atoms with E-state index in [0.29, 0.717) is 11.3 Å². The number of nitrogens with two attached hydrogens (primary N) is 1. The third-order valence-corrected chi connectivity index (χ3v) is 2.58. The molecule has 0 fully saturated rings. The molecule has 0 saturated heterocycles. The lowest BCUT2D eigenvalue weighted by Crippen LogP contribution is -2.15. The summed E-state index contributed by atoms with van der Waals surface area (Å²) in [5, 5.41) is 0.983. The Hall–Kier alpha value is -1.61. The number of carbonyl (C=O) groups excluding carboxylic acids is 1. The smallest absolute Gasteiger partial charge is 0.250 e. The number of aromatic nitrogens is 1. The summed E-state index contributed by atoms with van der Waals surface area (Å²) in [5.74, 6) is -0.414. The summed E-state index contributed by atoms with van der Waals surface area (Å²) in [6.45, 7) is 3.70. The molecule has 3 nitrogen and oxygen atoms in total. The Morgan fingerprint density at radius 2 is 1.88 bits per heavy atom. The molecule has 0 radical (unpaired) electrons. The number of benzene rings is 1. The maximum atomic E-state index is 11.3. The van der Waals surface area contributed by atoms with Crippen molar-refractivity contribution < 1.29 is 4.79 Å². The second kappa shape index (κ2) is 4.49. The topological polar surface area (TPSA) is 56.0 Å². The monoisotopic (exact) mass is 236 g/mol. The number of pyridine rings is 1. The molecule has 0 unspecified atom stereocenters. The average Bonchev–Trinajstić information content (AvgIpc) is 2.17. The van der Waals surface area contributed by atoms with Crippen molar-refractivity contribution in [1.29, 1.82) is 0 Å². The van der Waals surface area contributed by atoms with E-state index in [1.165, 1.54) is 0 Å². The van der Waals surface area contributed by atoms with E-state index in [9.17, 15) is 4.79 Å². The molecule has 1 aromatic heterocycles. The van der Waals surface area contributed by atoms with Crippen molar-refractivity contribution in [3.05, 3.63) is 41.1 Å². The number of carbonyl (C=O) groups is 1. The minimum absolute atomic E-state index is 0. The molecule has 2 N–H and O–H groups in total. The van der Waals surface area contributed by atoms with Gasteiger partial charge in [-0.1, -0.05) is 18.2 Å². The second-order valence-corrected chi connectivity index (χ2v) is 3.58. The zero-order valence-corrected chi connectivity index (χ0v) is 9.97. The van der Waals surface area contributed by atoms with Gasteiger partial charge in [0.1, 0.15) is 0 Å². The van der Waals surface area contributed by atoms with E-state index in [-0.39, 0.29) is 12.4 Å². The van der Waals surface area contributed by atoms with E-state index in [2.05, 4.69) is 4.98 Å². The molecule has 0 atom stereocenters. The van der Waals surface area contributed by atoms with Gasteiger partial charge in [0, 0.05) is 5.39 Å². The predicted octanol–water partition coefficient (Wildman–Crippen LogP) is 2.37. The molecule has 0 bridgehead atoms. The minimum atomic E-state index is -0.414. The molecule has 1 aromatic carbocycles. The number of halogens is 1. The van der Waals surface area contributed by atoms with Crippen LogP contribution in [0.4, 0.5) is 0 Å². The number of hydrogen-bond acceptors (Lipinski definition) is 2. The molecule has 0 aliphatic carbocycles. The van der Waals surface area contributed by atoms with Gasteiger partial charge in [-0.15, -0.1) is 12.4 Å². The van der Waals surface area contributed by atoms with Crippen molar-refractivity contribution >= 4 is 29.2 Å². The molecule has 0 saturated carbocycles. The van der Waals surface area contributed by atoms with Gasteiger partial charge in [0.2, 0.25) is 0 Å². The summed E-state index contributed by atoms with van der Waals surface area (Å²) in [4.78, 5) is 15.6. The highest BCUT2D eigenvalue weighted by molar-refractivity contribution is 6.00.